The number of aromatic hydroxyl groups is 2. The fourth-order valence-electron chi connectivity index (χ4n) is 4.41. The van der Waals surface area contributed by atoms with Crippen LogP contribution in [0.3, 0.4) is 0 Å². The zero-order valence-electron chi connectivity index (χ0n) is 28.0. The number of nitrogens with zero attached hydrogens (tertiary/aromatic N) is 2. The second-order valence-electron chi connectivity index (χ2n) is 13.2. The summed E-state index contributed by atoms with van der Waals surface area (Å²) in [7, 11) is 0. The van der Waals surface area contributed by atoms with E-state index < -0.39 is 6.03 Å². The Morgan fingerprint density at radius 3 is 1.64 bits per heavy atom. The molecule has 0 bridgehead atoms. The molecule has 0 aliphatic carbocycles. The smallest absolute Gasteiger partial charge is 0.324 e. The molecule has 0 aliphatic heterocycles. The van der Waals surface area contributed by atoms with Crippen molar-refractivity contribution >= 4 is 114 Å². The number of hydrogen-bond donors (Lipinski definition) is 6. The molecule has 8 N–H and O–H groups in total. The summed E-state index contributed by atoms with van der Waals surface area (Å²) >= 11 is 13.7. The van der Waals surface area contributed by atoms with Crippen molar-refractivity contribution in [3.8, 4) is 11.5 Å². The van der Waals surface area contributed by atoms with E-state index in [1.165, 1.54) is 0 Å². The minimum atomic E-state index is -0.466. The quantitative estimate of drug-likeness (QED) is 0.0919. The van der Waals surface area contributed by atoms with Crippen LogP contribution in [0.1, 0.15) is 53.1 Å². The van der Waals surface area contributed by atoms with Crippen LogP contribution >= 0.6 is 63.7 Å². The number of urea groups is 1. The van der Waals surface area contributed by atoms with E-state index >= 15 is 0 Å². The average molecular weight is 940 g/mol. The third-order valence-corrected chi connectivity index (χ3v) is 9.67. The van der Waals surface area contributed by atoms with Gasteiger partial charge in [-0.25, -0.2) is 4.79 Å². The second kappa shape index (κ2) is 15.6. The van der Waals surface area contributed by atoms with Crippen LogP contribution in [-0.2, 0) is 10.8 Å². The Balaban J connectivity index is 0.000000194. The molecule has 50 heavy (non-hydrogen) atoms. The normalized spacial score (nSPS) is 11.4. The lowest BCUT2D eigenvalue weighted by Gasteiger charge is -2.13. The van der Waals surface area contributed by atoms with E-state index in [2.05, 4.69) is 84.7 Å². The molecule has 0 atom stereocenters. The highest BCUT2D eigenvalue weighted by molar-refractivity contribution is 9.11. The minimum Gasteiger partial charge on any atom is -0.508 e. The maximum atomic E-state index is 12.4. The minimum absolute atomic E-state index is 0.00458. The van der Waals surface area contributed by atoms with Crippen LogP contribution in [0, 0.1) is 0 Å². The van der Waals surface area contributed by atoms with Gasteiger partial charge in [-0.3, -0.25) is 5.32 Å². The van der Waals surface area contributed by atoms with Gasteiger partial charge in [0, 0.05) is 51.6 Å². The number of halogens is 4. The van der Waals surface area contributed by atoms with E-state index in [9.17, 15) is 15.0 Å². The van der Waals surface area contributed by atoms with Gasteiger partial charge >= 0.3 is 6.03 Å². The molecule has 0 fully saturated rings. The predicted molar refractivity (Wildman–Crippen MR) is 214 cm³/mol. The fraction of sp³-hybridized carbons (Fsp3) is 0.229. The van der Waals surface area contributed by atoms with E-state index in [1.54, 1.807) is 42.5 Å². The summed E-state index contributed by atoms with van der Waals surface area (Å²) in [5.41, 5.74) is 12.2. The third kappa shape index (κ3) is 9.71. The highest BCUT2D eigenvalue weighted by Gasteiger charge is 2.21. The Hall–Kier alpha value is -3.79. The molecule has 0 unspecified atom stereocenters. The number of phenolic OH excluding ortho intramolecular Hbond substituents is 2. The molecule has 6 aromatic rings. The van der Waals surface area contributed by atoms with Crippen LogP contribution in [0.15, 0.2) is 87.6 Å². The summed E-state index contributed by atoms with van der Waals surface area (Å²) in [6.45, 7) is 12.1. The number of fused-ring (bicyclic) bond motifs is 2. The van der Waals surface area contributed by atoms with Crippen molar-refractivity contribution in [2.24, 2.45) is 0 Å². The van der Waals surface area contributed by atoms with E-state index in [0.29, 0.717) is 38.6 Å². The lowest BCUT2D eigenvalue weighted by atomic mass is 9.93. The summed E-state index contributed by atoms with van der Waals surface area (Å²) in [5.74, 6) is 2.60. The number of anilines is 4. The van der Waals surface area contributed by atoms with E-state index in [-0.39, 0.29) is 22.3 Å². The molecule has 0 saturated heterocycles. The van der Waals surface area contributed by atoms with Crippen LogP contribution in [-0.4, -0.2) is 26.6 Å². The number of benzene rings is 4. The summed E-state index contributed by atoms with van der Waals surface area (Å²) in [5, 5.41) is 35.4. The first-order valence-electron chi connectivity index (χ1n) is 15.0. The average Bonchev–Trinajstić information content (AvgIpc) is 3.68. The lowest BCUT2D eigenvalue weighted by Crippen LogP contribution is -2.20. The number of amides is 2. The predicted octanol–water partition coefficient (Wildman–Crippen LogP) is 11.2. The van der Waals surface area contributed by atoms with Crippen molar-refractivity contribution < 1.29 is 24.1 Å². The topological polar surface area (TPSA) is 186 Å². The summed E-state index contributed by atoms with van der Waals surface area (Å²) in [6, 6.07) is 16.8. The second-order valence-corrected chi connectivity index (χ2v) is 16.6. The van der Waals surface area contributed by atoms with E-state index in [1.807, 2.05) is 59.7 Å². The number of hydrogen-bond acceptors (Lipinski definition) is 9. The standard InChI is InChI=1S/C18H17Br2N3O3.C10H7Br2NO.C7H12N2O/c1-18(2,3)14-8-15(23-26-14)21-17(25)22-16-11-6-9(24)4-5-10(11)12(19)7-13(16)20;11-8-4-9(12)10(13)7-3-5(14)1-2-6(7)8;1-7(2,3)5-4-6(8)9-10-5/h4-8,24H,1-3H3,(H2,21,22,23,25);1-4,14H,13H2;4H,1-3H3,(H2,8,9). The largest absolute Gasteiger partial charge is 0.508 e. The van der Waals surface area contributed by atoms with Gasteiger partial charge in [-0.2, -0.15) is 0 Å². The van der Waals surface area contributed by atoms with Crippen molar-refractivity contribution in [2.75, 3.05) is 22.1 Å². The molecule has 4 aromatic carbocycles. The Morgan fingerprint density at radius 1 is 0.640 bits per heavy atom. The fourth-order valence-corrected chi connectivity index (χ4v) is 7.16. The molecule has 2 heterocycles. The molecule has 11 nitrogen and oxygen atoms in total. The Morgan fingerprint density at radius 2 is 1.14 bits per heavy atom. The Kier molecular flexibility index (Phi) is 12.2. The zero-order valence-corrected chi connectivity index (χ0v) is 34.3. The monoisotopic (exact) mass is 936 g/mol. The number of carbonyl (C=O) groups excluding carboxylic acids is 1. The number of phenols is 2. The molecular formula is C35H36Br4N6O5. The Labute approximate surface area is 322 Å². The molecule has 0 saturated carbocycles. The lowest BCUT2D eigenvalue weighted by molar-refractivity contribution is 0.262. The number of carbonyl (C=O) groups is 1. The number of nitrogens with two attached hydrogens (primary N) is 2. The van der Waals surface area contributed by atoms with Crippen molar-refractivity contribution in [1.29, 1.82) is 0 Å². The first kappa shape index (κ1) is 39.0. The first-order valence-corrected chi connectivity index (χ1v) is 18.2. The van der Waals surface area contributed by atoms with Gasteiger partial charge in [0.1, 0.15) is 23.0 Å². The SMILES string of the molecule is CC(C)(C)c1cc(N)no1.CC(C)(C)c1cc(NC(=O)Nc2c(Br)cc(Br)c3ccc(O)cc23)no1.Nc1c(Br)cc(Br)c2ccc(O)cc12. The molecule has 2 aromatic heterocycles. The van der Waals surface area contributed by atoms with Crippen LogP contribution in [0.2, 0.25) is 0 Å². The molecule has 6 rings (SSSR count). The van der Waals surface area contributed by atoms with Gasteiger partial charge in [0.15, 0.2) is 11.6 Å². The van der Waals surface area contributed by atoms with Gasteiger partial charge < -0.3 is 36.0 Å². The number of aromatic nitrogens is 2. The maximum absolute atomic E-state index is 12.4. The number of rotatable bonds is 2. The summed E-state index contributed by atoms with van der Waals surface area (Å²) < 4.78 is 13.5. The molecule has 0 aliphatic rings. The molecule has 0 radical (unpaired) electrons. The molecule has 264 valence electrons. The van der Waals surface area contributed by atoms with Crippen LogP contribution in [0.25, 0.3) is 21.5 Å². The van der Waals surface area contributed by atoms with Gasteiger partial charge in [0.2, 0.25) is 0 Å². The molecular weight excluding hydrogens is 904 g/mol. The van der Waals surface area contributed by atoms with Gasteiger partial charge in [-0.05, 0) is 91.2 Å². The number of nitrogens with one attached hydrogen (secondary N) is 2. The van der Waals surface area contributed by atoms with E-state index in [0.717, 1.165) is 35.3 Å². The van der Waals surface area contributed by atoms with Gasteiger partial charge in [0.25, 0.3) is 0 Å². The first-order chi connectivity index (χ1) is 23.2. The molecule has 0 spiro atoms. The summed E-state index contributed by atoms with van der Waals surface area (Å²) in [4.78, 5) is 12.4. The summed E-state index contributed by atoms with van der Waals surface area (Å²) in [6.07, 6.45) is 0. The van der Waals surface area contributed by atoms with Gasteiger partial charge in [0.05, 0.1) is 11.4 Å². The van der Waals surface area contributed by atoms with Gasteiger partial charge in [-0.15, -0.1) is 0 Å². The third-order valence-electron chi connectivity index (χ3n) is 7.08. The zero-order chi connectivity index (χ0) is 37.1. The maximum Gasteiger partial charge on any atom is 0.324 e. The van der Waals surface area contributed by atoms with Crippen molar-refractivity contribution in [1.82, 2.24) is 10.3 Å². The molecule has 15 heteroatoms. The van der Waals surface area contributed by atoms with Crippen LogP contribution in [0.5, 0.6) is 11.5 Å². The van der Waals surface area contributed by atoms with E-state index in [4.69, 9.17) is 20.5 Å². The van der Waals surface area contributed by atoms with Gasteiger partial charge in [-0.1, -0.05) is 83.7 Å². The van der Waals surface area contributed by atoms with Crippen LogP contribution in [0.4, 0.5) is 27.8 Å². The van der Waals surface area contributed by atoms with Crippen molar-refractivity contribution in [3.63, 3.8) is 0 Å². The highest BCUT2D eigenvalue weighted by Crippen LogP contribution is 2.39. The molecule has 2 amide bonds. The number of nitrogen functional groups attached to an aromatic ring is 2. The van der Waals surface area contributed by atoms with Crippen molar-refractivity contribution in [3.05, 3.63) is 90.1 Å². The van der Waals surface area contributed by atoms with Crippen molar-refractivity contribution in [2.45, 2.75) is 52.4 Å². The van der Waals surface area contributed by atoms with Crippen LogP contribution < -0.4 is 22.1 Å². The highest BCUT2D eigenvalue weighted by atomic mass is 79.9. The Bertz CT molecular complexity index is 2170.